The summed E-state index contributed by atoms with van der Waals surface area (Å²) in [5, 5.41) is 0. The quantitative estimate of drug-likeness (QED) is 0.904. The fraction of sp³-hybridized carbons (Fsp3) is 0.333. The van der Waals surface area contributed by atoms with Crippen molar-refractivity contribution in [1.82, 2.24) is 0 Å². The molecule has 1 rings (SSSR count). The topological polar surface area (TPSA) is 35.2 Å². The Morgan fingerprint density at radius 1 is 1.56 bits per heavy atom. The van der Waals surface area contributed by atoms with Gasteiger partial charge >= 0.3 is 0 Å². The van der Waals surface area contributed by atoms with Crippen LogP contribution in [0.5, 0.6) is 5.75 Å². The van der Waals surface area contributed by atoms with E-state index in [2.05, 4.69) is 15.9 Å². The monoisotopic (exact) mass is 303 g/mol. The van der Waals surface area contributed by atoms with E-state index in [0.29, 0.717) is 6.61 Å². The molecule has 0 fully saturated rings. The summed E-state index contributed by atoms with van der Waals surface area (Å²) in [6.07, 6.45) is 2.54. The number of hydrogen-bond donors (Lipinski definition) is 1. The fourth-order valence-electron chi connectivity index (χ4n) is 1.39. The van der Waals surface area contributed by atoms with Gasteiger partial charge in [-0.05, 0) is 47.0 Å². The average Bonchev–Trinajstić information content (AvgIpc) is 2.21. The van der Waals surface area contributed by atoms with Crippen LogP contribution in [-0.4, -0.2) is 12.6 Å². The molecule has 0 saturated heterocycles. The van der Waals surface area contributed by atoms with E-state index < -0.39 is 0 Å². The molecule has 0 spiro atoms. The molecule has 0 aliphatic rings. The second-order valence-corrected chi connectivity index (χ2v) is 4.69. The van der Waals surface area contributed by atoms with Gasteiger partial charge < -0.3 is 10.5 Å². The molecule has 16 heavy (non-hydrogen) atoms. The van der Waals surface area contributed by atoms with Gasteiger partial charge in [0.1, 0.15) is 12.4 Å². The highest BCUT2D eigenvalue weighted by Crippen LogP contribution is 2.29. The number of para-hydroxylation sites is 1. The predicted octanol–water partition coefficient (Wildman–Crippen LogP) is 3.47. The first kappa shape index (κ1) is 13.6. The van der Waals surface area contributed by atoms with E-state index in [4.69, 9.17) is 22.1 Å². The number of ether oxygens (including phenoxy) is 1. The summed E-state index contributed by atoms with van der Waals surface area (Å²) in [6, 6.07) is 6.06. The Hall–Kier alpha value is -0.510. The Morgan fingerprint density at radius 2 is 2.31 bits per heavy atom. The molecule has 0 aliphatic carbocycles. The van der Waals surface area contributed by atoms with E-state index in [0.717, 1.165) is 22.2 Å². The number of rotatable bonds is 5. The van der Waals surface area contributed by atoms with Gasteiger partial charge in [0, 0.05) is 11.6 Å². The molecule has 0 amide bonds. The smallest absolute Gasteiger partial charge is 0.137 e. The van der Waals surface area contributed by atoms with Crippen LogP contribution in [0.25, 0.3) is 0 Å². The van der Waals surface area contributed by atoms with Crippen molar-refractivity contribution in [3.05, 3.63) is 39.8 Å². The summed E-state index contributed by atoms with van der Waals surface area (Å²) in [4.78, 5) is 0. The van der Waals surface area contributed by atoms with Crippen LogP contribution in [0.4, 0.5) is 0 Å². The summed E-state index contributed by atoms with van der Waals surface area (Å²) in [7, 11) is 0. The first-order valence-corrected chi connectivity index (χ1v) is 6.29. The SMILES string of the molecule is CC(N)Cc1cccc(Br)c1OCC=CCl. The van der Waals surface area contributed by atoms with E-state index in [1.807, 2.05) is 25.1 Å². The highest BCUT2D eigenvalue weighted by Gasteiger charge is 2.09. The van der Waals surface area contributed by atoms with E-state index >= 15 is 0 Å². The second kappa shape index (κ2) is 6.94. The van der Waals surface area contributed by atoms with Crippen molar-refractivity contribution >= 4 is 27.5 Å². The summed E-state index contributed by atoms with van der Waals surface area (Å²) >= 11 is 8.91. The van der Waals surface area contributed by atoms with Crippen molar-refractivity contribution in [2.75, 3.05) is 6.61 Å². The van der Waals surface area contributed by atoms with Crippen LogP contribution in [0.1, 0.15) is 12.5 Å². The van der Waals surface area contributed by atoms with Crippen LogP contribution in [0.3, 0.4) is 0 Å². The third kappa shape index (κ3) is 4.16. The van der Waals surface area contributed by atoms with Gasteiger partial charge in [0.15, 0.2) is 0 Å². The Balaban J connectivity index is 2.85. The molecule has 0 radical (unpaired) electrons. The van der Waals surface area contributed by atoms with Crippen LogP contribution < -0.4 is 10.5 Å². The molecular weight excluding hydrogens is 289 g/mol. The van der Waals surface area contributed by atoms with Crippen molar-refractivity contribution in [1.29, 1.82) is 0 Å². The van der Waals surface area contributed by atoms with E-state index in [9.17, 15) is 0 Å². The van der Waals surface area contributed by atoms with Crippen LogP contribution >= 0.6 is 27.5 Å². The van der Waals surface area contributed by atoms with Crippen molar-refractivity contribution in [2.45, 2.75) is 19.4 Å². The molecule has 0 bridgehead atoms. The normalized spacial score (nSPS) is 13.0. The zero-order valence-electron chi connectivity index (χ0n) is 9.12. The molecule has 0 aromatic heterocycles. The summed E-state index contributed by atoms with van der Waals surface area (Å²) in [6.45, 7) is 2.43. The van der Waals surface area contributed by atoms with Crippen molar-refractivity contribution in [3.63, 3.8) is 0 Å². The van der Waals surface area contributed by atoms with Gasteiger partial charge in [-0.15, -0.1) is 0 Å². The van der Waals surface area contributed by atoms with E-state index in [1.54, 1.807) is 6.08 Å². The molecular formula is C12H15BrClNO. The Bertz CT molecular complexity index is 366. The van der Waals surface area contributed by atoms with Crippen LogP contribution in [-0.2, 0) is 6.42 Å². The molecule has 2 nitrogen and oxygen atoms in total. The number of benzene rings is 1. The van der Waals surface area contributed by atoms with Crippen molar-refractivity contribution in [2.24, 2.45) is 5.73 Å². The molecule has 1 aromatic carbocycles. The largest absolute Gasteiger partial charge is 0.488 e. The van der Waals surface area contributed by atoms with E-state index in [1.165, 1.54) is 5.54 Å². The van der Waals surface area contributed by atoms with Gasteiger partial charge in [-0.1, -0.05) is 23.7 Å². The maximum atomic E-state index is 5.79. The summed E-state index contributed by atoms with van der Waals surface area (Å²) in [5.41, 5.74) is 8.34. The zero-order chi connectivity index (χ0) is 12.0. The minimum atomic E-state index is 0.111. The maximum absolute atomic E-state index is 5.79. The molecule has 0 saturated carbocycles. The number of nitrogens with two attached hydrogens (primary N) is 1. The highest BCUT2D eigenvalue weighted by atomic mass is 79.9. The maximum Gasteiger partial charge on any atom is 0.137 e. The molecule has 88 valence electrons. The van der Waals surface area contributed by atoms with Gasteiger partial charge in [0.2, 0.25) is 0 Å². The first-order valence-electron chi connectivity index (χ1n) is 5.06. The number of hydrogen-bond acceptors (Lipinski definition) is 2. The van der Waals surface area contributed by atoms with Gasteiger partial charge in [-0.3, -0.25) is 0 Å². The Morgan fingerprint density at radius 3 is 2.94 bits per heavy atom. The highest BCUT2D eigenvalue weighted by molar-refractivity contribution is 9.10. The lowest BCUT2D eigenvalue weighted by molar-refractivity contribution is 0.356. The lowest BCUT2D eigenvalue weighted by Crippen LogP contribution is -2.18. The molecule has 1 aromatic rings. The van der Waals surface area contributed by atoms with Crippen LogP contribution in [0, 0.1) is 0 Å². The van der Waals surface area contributed by atoms with Gasteiger partial charge in [0.05, 0.1) is 4.47 Å². The average molecular weight is 305 g/mol. The van der Waals surface area contributed by atoms with Crippen molar-refractivity contribution < 1.29 is 4.74 Å². The molecule has 0 aliphatic heterocycles. The summed E-state index contributed by atoms with van der Waals surface area (Å²) in [5.74, 6) is 0.842. The first-order chi connectivity index (χ1) is 7.65. The minimum Gasteiger partial charge on any atom is -0.488 e. The van der Waals surface area contributed by atoms with Crippen LogP contribution in [0.15, 0.2) is 34.3 Å². The van der Waals surface area contributed by atoms with Gasteiger partial charge in [-0.25, -0.2) is 0 Å². The molecule has 1 unspecified atom stereocenters. The third-order valence-electron chi connectivity index (χ3n) is 2.00. The van der Waals surface area contributed by atoms with E-state index in [-0.39, 0.29) is 6.04 Å². The molecule has 2 N–H and O–H groups in total. The second-order valence-electron chi connectivity index (χ2n) is 3.58. The Kier molecular flexibility index (Phi) is 5.88. The van der Waals surface area contributed by atoms with Gasteiger partial charge in [0.25, 0.3) is 0 Å². The molecule has 0 heterocycles. The van der Waals surface area contributed by atoms with Crippen molar-refractivity contribution in [3.8, 4) is 5.75 Å². The van der Waals surface area contributed by atoms with Crippen LogP contribution in [0.2, 0.25) is 0 Å². The zero-order valence-corrected chi connectivity index (χ0v) is 11.5. The third-order valence-corrected chi connectivity index (χ3v) is 2.81. The standard InChI is InChI=1S/C12H15BrClNO/c1-9(15)8-10-4-2-5-11(13)12(10)16-7-3-6-14/h2-6,9H,7-8,15H2,1H3. The Labute approximate surface area is 110 Å². The number of halogens is 2. The fourth-order valence-corrected chi connectivity index (χ4v) is 1.99. The lowest BCUT2D eigenvalue weighted by Gasteiger charge is -2.13. The van der Waals surface area contributed by atoms with Gasteiger partial charge in [-0.2, -0.15) is 0 Å². The summed E-state index contributed by atoms with van der Waals surface area (Å²) < 4.78 is 6.57. The molecule has 4 heteroatoms. The lowest BCUT2D eigenvalue weighted by atomic mass is 10.1. The minimum absolute atomic E-state index is 0.111. The predicted molar refractivity (Wildman–Crippen MR) is 72.0 cm³/mol. The molecule has 1 atom stereocenters.